The Balaban J connectivity index is 0.00000192. The van der Waals surface area contributed by atoms with Gasteiger partial charge in [0.05, 0.1) is 17.4 Å². The zero-order valence-corrected chi connectivity index (χ0v) is 13.0. The molecule has 23 heavy (non-hydrogen) atoms. The van der Waals surface area contributed by atoms with Crippen molar-refractivity contribution in [2.24, 2.45) is 0 Å². The number of benzene rings is 2. The van der Waals surface area contributed by atoms with Gasteiger partial charge >= 0.3 is 0 Å². The van der Waals surface area contributed by atoms with Crippen LogP contribution in [0.2, 0.25) is 0 Å². The molecule has 0 fully saturated rings. The quantitative estimate of drug-likeness (QED) is 0.439. The summed E-state index contributed by atoms with van der Waals surface area (Å²) in [5, 5.41) is 8.43. The SMILES string of the molecule is Cl.O=C(/C=C/c1ccc(Cn2cnc3ccccc32)cc1)NO. The molecule has 0 bridgehead atoms. The molecule has 0 unspecified atom stereocenters. The van der Waals surface area contributed by atoms with E-state index in [1.54, 1.807) is 11.6 Å². The molecule has 3 aromatic rings. The van der Waals surface area contributed by atoms with Gasteiger partial charge in [0.1, 0.15) is 0 Å². The largest absolute Gasteiger partial charge is 0.326 e. The molecule has 2 N–H and O–H groups in total. The van der Waals surface area contributed by atoms with Crippen LogP contribution < -0.4 is 5.48 Å². The first-order valence-electron chi connectivity index (χ1n) is 6.87. The molecule has 0 atom stereocenters. The first-order chi connectivity index (χ1) is 10.8. The maximum Gasteiger partial charge on any atom is 0.267 e. The molecule has 118 valence electrons. The predicted molar refractivity (Wildman–Crippen MR) is 91.5 cm³/mol. The van der Waals surface area contributed by atoms with Crippen molar-refractivity contribution in [1.29, 1.82) is 0 Å². The number of carbonyl (C=O) groups excluding carboxylic acids is 1. The molecule has 1 amide bonds. The van der Waals surface area contributed by atoms with E-state index < -0.39 is 5.91 Å². The van der Waals surface area contributed by atoms with Crippen molar-refractivity contribution in [2.75, 3.05) is 0 Å². The molecule has 0 aliphatic rings. The summed E-state index contributed by atoms with van der Waals surface area (Å²) < 4.78 is 2.10. The lowest BCUT2D eigenvalue weighted by molar-refractivity contribution is -0.124. The van der Waals surface area contributed by atoms with E-state index in [2.05, 4.69) is 9.55 Å². The Labute approximate surface area is 139 Å². The summed E-state index contributed by atoms with van der Waals surface area (Å²) in [6.07, 6.45) is 4.75. The molecule has 0 saturated heterocycles. The van der Waals surface area contributed by atoms with Crippen molar-refractivity contribution >= 4 is 35.4 Å². The van der Waals surface area contributed by atoms with Gasteiger partial charge in [0.2, 0.25) is 0 Å². The molecule has 3 rings (SSSR count). The third kappa shape index (κ3) is 3.97. The van der Waals surface area contributed by atoms with Gasteiger partial charge < -0.3 is 4.57 Å². The van der Waals surface area contributed by atoms with E-state index in [1.165, 1.54) is 6.08 Å². The fourth-order valence-electron chi connectivity index (χ4n) is 2.28. The summed E-state index contributed by atoms with van der Waals surface area (Å²) in [6, 6.07) is 15.9. The van der Waals surface area contributed by atoms with Gasteiger partial charge in [0, 0.05) is 12.6 Å². The van der Waals surface area contributed by atoms with Crippen molar-refractivity contribution in [3.05, 3.63) is 72.1 Å². The minimum Gasteiger partial charge on any atom is -0.326 e. The van der Waals surface area contributed by atoms with E-state index in [1.807, 2.05) is 54.9 Å². The molecular weight excluding hydrogens is 314 g/mol. The number of hydroxylamine groups is 1. The van der Waals surface area contributed by atoms with Gasteiger partial charge in [-0.1, -0.05) is 36.4 Å². The van der Waals surface area contributed by atoms with Crippen LogP contribution in [-0.4, -0.2) is 20.7 Å². The molecule has 5 nitrogen and oxygen atoms in total. The monoisotopic (exact) mass is 329 g/mol. The van der Waals surface area contributed by atoms with E-state index in [-0.39, 0.29) is 12.4 Å². The van der Waals surface area contributed by atoms with Crippen LogP contribution in [0.3, 0.4) is 0 Å². The second-order valence-corrected chi connectivity index (χ2v) is 4.91. The Bertz CT molecular complexity index is 825. The lowest BCUT2D eigenvalue weighted by atomic mass is 10.1. The Morgan fingerprint density at radius 3 is 2.65 bits per heavy atom. The predicted octanol–water partition coefficient (Wildman–Crippen LogP) is 3.03. The Kier molecular flexibility index (Phi) is 5.51. The van der Waals surface area contributed by atoms with Crippen molar-refractivity contribution < 1.29 is 10.0 Å². The molecule has 6 heteroatoms. The molecule has 2 aromatic carbocycles. The highest BCUT2D eigenvalue weighted by Gasteiger charge is 2.02. The number of fused-ring (bicyclic) bond motifs is 1. The lowest BCUT2D eigenvalue weighted by Gasteiger charge is -2.05. The van der Waals surface area contributed by atoms with E-state index in [0.29, 0.717) is 0 Å². The summed E-state index contributed by atoms with van der Waals surface area (Å²) in [5.41, 5.74) is 5.68. The second kappa shape index (κ2) is 7.58. The number of nitrogens with one attached hydrogen (secondary N) is 1. The number of aromatic nitrogens is 2. The van der Waals surface area contributed by atoms with Gasteiger partial charge in [0.25, 0.3) is 5.91 Å². The summed E-state index contributed by atoms with van der Waals surface area (Å²) in [7, 11) is 0. The third-order valence-electron chi connectivity index (χ3n) is 3.40. The van der Waals surface area contributed by atoms with Crippen molar-refractivity contribution in [2.45, 2.75) is 6.54 Å². The number of amides is 1. The fraction of sp³-hybridized carbons (Fsp3) is 0.0588. The molecule has 0 radical (unpaired) electrons. The number of hydrogen-bond acceptors (Lipinski definition) is 3. The van der Waals surface area contributed by atoms with Gasteiger partial charge in [-0.3, -0.25) is 10.0 Å². The van der Waals surface area contributed by atoms with Gasteiger partial charge in [-0.2, -0.15) is 0 Å². The summed E-state index contributed by atoms with van der Waals surface area (Å²) in [6.45, 7) is 0.738. The molecular formula is C17H16ClN3O2. The van der Waals surface area contributed by atoms with Crippen LogP contribution in [0.5, 0.6) is 0 Å². The van der Waals surface area contributed by atoms with E-state index in [0.717, 1.165) is 28.7 Å². The molecule has 1 aromatic heterocycles. The average molecular weight is 330 g/mol. The highest BCUT2D eigenvalue weighted by Crippen LogP contribution is 2.14. The Morgan fingerprint density at radius 1 is 1.17 bits per heavy atom. The van der Waals surface area contributed by atoms with Crippen molar-refractivity contribution in [3.8, 4) is 0 Å². The molecule has 0 aliphatic heterocycles. The summed E-state index contributed by atoms with van der Waals surface area (Å²) in [5.74, 6) is -0.547. The van der Waals surface area contributed by atoms with E-state index in [4.69, 9.17) is 5.21 Å². The standard InChI is InChI=1S/C17H15N3O2.ClH/c21-17(19-22)10-9-13-5-7-14(8-6-13)11-20-12-18-15-3-1-2-4-16(15)20;/h1-10,12,22H,11H2,(H,19,21);1H/b10-9+;. The Hall–Kier alpha value is -2.63. The molecule has 0 saturated carbocycles. The molecule has 1 heterocycles. The van der Waals surface area contributed by atoms with Gasteiger partial charge in [-0.15, -0.1) is 12.4 Å². The van der Waals surface area contributed by atoms with Crippen LogP contribution in [0.1, 0.15) is 11.1 Å². The fourth-order valence-corrected chi connectivity index (χ4v) is 2.28. The highest BCUT2D eigenvalue weighted by atomic mass is 35.5. The van der Waals surface area contributed by atoms with Crippen molar-refractivity contribution in [3.63, 3.8) is 0 Å². The highest BCUT2D eigenvalue weighted by molar-refractivity contribution is 5.90. The number of para-hydroxylation sites is 2. The van der Waals surface area contributed by atoms with Crippen LogP contribution >= 0.6 is 12.4 Å². The smallest absolute Gasteiger partial charge is 0.267 e. The minimum atomic E-state index is -0.547. The van der Waals surface area contributed by atoms with Crippen LogP contribution in [-0.2, 0) is 11.3 Å². The van der Waals surface area contributed by atoms with Crippen LogP contribution in [0.15, 0.2) is 60.9 Å². The number of halogens is 1. The average Bonchev–Trinajstić information content (AvgIpc) is 2.97. The topological polar surface area (TPSA) is 67.2 Å². The first kappa shape index (κ1) is 16.7. The zero-order valence-electron chi connectivity index (χ0n) is 12.2. The maximum absolute atomic E-state index is 10.9. The van der Waals surface area contributed by atoms with E-state index in [9.17, 15) is 4.79 Å². The number of imidazole rings is 1. The van der Waals surface area contributed by atoms with Crippen LogP contribution in [0.4, 0.5) is 0 Å². The number of hydrogen-bond donors (Lipinski definition) is 2. The second-order valence-electron chi connectivity index (χ2n) is 4.91. The van der Waals surface area contributed by atoms with Gasteiger partial charge in [-0.25, -0.2) is 10.5 Å². The third-order valence-corrected chi connectivity index (χ3v) is 3.40. The number of nitrogens with zero attached hydrogens (tertiary/aromatic N) is 2. The lowest BCUT2D eigenvalue weighted by Crippen LogP contribution is -2.14. The van der Waals surface area contributed by atoms with Crippen molar-refractivity contribution in [1.82, 2.24) is 15.0 Å². The first-order valence-corrected chi connectivity index (χ1v) is 6.87. The van der Waals surface area contributed by atoms with Gasteiger partial charge in [-0.05, 0) is 29.3 Å². The Morgan fingerprint density at radius 2 is 1.91 bits per heavy atom. The molecule has 0 spiro atoms. The molecule has 0 aliphatic carbocycles. The van der Waals surface area contributed by atoms with Crippen LogP contribution in [0, 0.1) is 0 Å². The van der Waals surface area contributed by atoms with Crippen LogP contribution in [0.25, 0.3) is 17.1 Å². The summed E-state index contributed by atoms with van der Waals surface area (Å²) >= 11 is 0. The number of carbonyl (C=O) groups is 1. The van der Waals surface area contributed by atoms with E-state index >= 15 is 0 Å². The normalized spacial score (nSPS) is 10.7. The minimum absolute atomic E-state index is 0. The maximum atomic E-state index is 10.9. The summed E-state index contributed by atoms with van der Waals surface area (Å²) in [4.78, 5) is 15.3. The zero-order chi connectivity index (χ0) is 15.4. The van der Waals surface area contributed by atoms with Gasteiger partial charge in [0.15, 0.2) is 0 Å². The number of rotatable bonds is 4.